The maximum Gasteiger partial charge on any atom is 0.232 e. The number of ether oxygens (including phenoxy) is 1. The molecule has 0 atom stereocenters. The van der Waals surface area contributed by atoms with Gasteiger partial charge in [0, 0.05) is 20.0 Å². The first-order chi connectivity index (χ1) is 9.88. The number of anilines is 1. The van der Waals surface area contributed by atoms with Crippen molar-refractivity contribution in [3.05, 3.63) is 24.3 Å². The smallest absolute Gasteiger partial charge is 0.232 e. The highest BCUT2D eigenvalue weighted by atomic mass is 32.2. The van der Waals surface area contributed by atoms with Crippen molar-refractivity contribution in [1.29, 1.82) is 0 Å². The lowest BCUT2D eigenvalue weighted by Gasteiger charge is -2.22. The van der Waals surface area contributed by atoms with Crippen LogP contribution in [0.2, 0.25) is 0 Å². The molecule has 0 aromatic heterocycles. The molecule has 6 nitrogen and oxygen atoms in total. The van der Waals surface area contributed by atoms with Gasteiger partial charge in [-0.05, 0) is 37.6 Å². The topological polar surface area (TPSA) is 75.7 Å². The lowest BCUT2D eigenvalue weighted by molar-refractivity contribution is -0.120. The Morgan fingerprint density at radius 2 is 1.90 bits per heavy atom. The summed E-state index contributed by atoms with van der Waals surface area (Å²) >= 11 is 0. The first kappa shape index (κ1) is 17.3. The highest BCUT2D eigenvalue weighted by Gasteiger charge is 2.17. The molecule has 1 aromatic carbocycles. The molecule has 0 aliphatic carbocycles. The Bertz CT molecular complexity index is 555. The summed E-state index contributed by atoms with van der Waals surface area (Å²) in [6.07, 6.45) is 1.91. The van der Waals surface area contributed by atoms with E-state index in [0.29, 0.717) is 30.9 Å². The summed E-state index contributed by atoms with van der Waals surface area (Å²) < 4.78 is 30.4. The molecular weight excluding hydrogens is 292 g/mol. The SMILES string of the molecule is CCOc1ccc(N(CCCC(=O)NC)S(C)(=O)=O)cc1. The molecule has 0 aliphatic rings. The van der Waals surface area contributed by atoms with Crippen LogP contribution in [-0.4, -0.2) is 40.8 Å². The predicted octanol–water partition coefficient (Wildman–Crippen LogP) is 1.38. The van der Waals surface area contributed by atoms with Crippen molar-refractivity contribution >= 4 is 21.6 Å². The summed E-state index contributed by atoms with van der Waals surface area (Å²) in [7, 11) is -1.83. The molecule has 1 amide bonds. The number of amides is 1. The minimum atomic E-state index is -3.39. The Labute approximate surface area is 126 Å². The van der Waals surface area contributed by atoms with Gasteiger partial charge in [0.2, 0.25) is 15.9 Å². The van der Waals surface area contributed by atoms with Crippen molar-refractivity contribution in [2.24, 2.45) is 0 Å². The van der Waals surface area contributed by atoms with Crippen molar-refractivity contribution in [3.8, 4) is 5.75 Å². The minimum Gasteiger partial charge on any atom is -0.494 e. The molecule has 21 heavy (non-hydrogen) atoms. The van der Waals surface area contributed by atoms with Gasteiger partial charge < -0.3 is 10.1 Å². The molecule has 0 heterocycles. The zero-order valence-corrected chi connectivity index (χ0v) is 13.4. The molecule has 118 valence electrons. The lowest BCUT2D eigenvalue weighted by Crippen LogP contribution is -2.31. The predicted molar refractivity (Wildman–Crippen MR) is 83.1 cm³/mol. The van der Waals surface area contributed by atoms with Crippen molar-refractivity contribution in [2.45, 2.75) is 19.8 Å². The first-order valence-electron chi connectivity index (χ1n) is 6.79. The van der Waals surface area contributed by atoms with Crippen LogP contribution in [0.15, 0.2) is 24.3 Å². The van der Waals surface area contributed by atoms with Crippen molar-refractivity contribution in [2.75, 3.05) is 30.8 Å². The van der Waals surface area contributed by atoms with Gasteiger partial charge in [-0.15, -0.1) is 0 Å². The van der Waals surface area contributed by atoms with Gasteiger partial charge in [-0.3, -0.25) is 9.10 Å². The maximum absolute atomic E-state index is 11.9. The van der Waals surface area contributed by atoms with Crippen LogP contribution in [0.25, 0.3) is 0 Å². The normalized spacial score (nSPS) is 11.0. The number of sulfonamides is 1. The molecule has 0 bridgehead atoms. The Kier molecular flexibility index (Phi) is 6.48. The quantitative estimate of drug-likeness (QED) is 0.786. The van der Waals surface area contributed by atoms with Crippen molar-refractivity contribution < 1.29 is 17.9 Å². The third kappa shape index (κ3) is 5.63. The van der Waals surface area contributed by atoms with E-state index >= 15 is 0 Å². The fourth-order valence-corrected chi connectivity index (χ4v) is 2.84. The van der Waals surface area contributed by atoms with Crippen LogP contribution >= 0.6 is 0 Å². The summed E-state index contributed by atoms with van der Waals surface area (Å²) in [5.74, 6) is 0.593. The van der Waals surface area contributed by atoms with Crippen molar-refractivity contribution in [1.82, 2.24) is 5.32 Å². The molecule has 0 saturated carbocycles. The number of nitrogens with one attached hydrogen (secondary N) is 1. The van der Waals surface area contributed by atoms with E-state index in [0.717, 1.165) is 6.26 Å². The number of carbonyl (C=O) groups excluding carboxylic acids is 1. The van der Waals surface area contributed by atoms with Gasteiger partial charge in [0.1, 0.15) is 5.75 Å². The monoisotopic (exact) mass is 314 g/mol. The number of benzene rings is 1. The molecule has 0 fully saturated rings. The van der Waals surface area contributed by atoms with Gasteiger partial charge in [-0.1, -0.05) is 0 Å². The van der Waals surface area contributed by atoms with Gasteiger partial charge >= 0.3 is 0 Å². The third-order valence-electron chi connectivity index (χ3n) is 2.88. The summed E-state index contributed by atoms with van der Waals surface area (Å²) in [5.41, 5.74) is 0.567. The molecule has 0 aliphatic heterocycles. The number of nitrogens with zero attached hydrogens (tertiary/aromatic N) is 1. The minimum absolute atomic E-state index is 0.102. The van der Waals surface area contributed by atoms with E-state index in [1.54, 1.807) is 31.3 Å². The highest BCUT2D eigenvalue weighted by molar-refractivity contribution is 7.92. The molecule has 1 aromatic rings. The van der Waals surface area contributed by atoms with Crippen LogP contribution in [-0.2, 0) is 14.8 Å². The number of rotatable bonds is 8. The zero-order valence-electron chi connectivity index (χ0n) is 12.6. The molecule has 0 radical (unpaired) electrons. The van der Waals surface area contributed by atoms with Gasteiger partial charge in [0.05, 0.1) is 18.6 Å². The van der Waals surface area contributed by atoms with Crippen LogP contribution in [0.3, 0.4) is 0 Å². The summed E-state index contributed by atoms with van der Waals surface area (Å²) in [4.78, 5) is 11.2. The number of carbonyl (C=O) groups is 1. The average Bonchev–Trinajstić information content (AvgIpc) is 2.43. The summed E-state index contributed by atoms with van der Waals surface area (Å²) in [6, 6.07) is 6.86. The Hall–Kier alpha value is -1.76. The van der Waals surface area contributed by atoms with Crippen LogP contribution in [0.1, 0.15) is 19.8 Å². The van der Waals surface area contributed by atoms with Crippen molar-refractivity contribution in [3.63, 3.8) is 0 Å². The molecule has 0 saturated heterocycles. The van der Waals surface area contributed by atoms with E-state index in [9.17, 15) is 13.2 Å². The maximum atomic E-state index is 11.9. The van der Waals surface area contributed by atoms with Gasteiger partial charge in [0.25, 0.3) is 0 Å². The van der Waals surface area contributed by atoms with Crippen LogP contribution in [0.5, 0.6) is 5.75 Å². The van der Waals surface area contributed by atoms with Gasteiger partial charge in [-0.2, -0.15) is 0 Å². The molecule has 1 N–H and O–H groups in total. The Morgan fingerprint density at radius 1 is 1.29 bits per heavy atom. The second-order valence-electron chi connectivity index (χ2n) is 4.54. The number of hydrogen-bond acceptors (Lipinski definition) is 4. The van der Waals surface area contributed by atoms with E-state index < -0.39 is 10.0 Å². The highest BCUT2D eigenvalue weighted by Crippen LogP contribution is 2.22. The fraction of sp³-hybridized carbons (Fsp3) is 0.500. The third-order valence-corrected chi connectivity index (χ3v) is 4.07. The molecule has 0 spiro atoms. The molecule has 0 unspecified atom stereocenters. The lowest BCUT2D eigenvalue weighted by atomic mass is 10.2. The second-order valence-corrected chi connectivity index (χ2v) is 6.45. The standard InChI is InChI=1S/C14H22N2O4S/c1-4-20-13-9-7-12(8-10-13)16(21(3,18)19)11-5-6-14(17)15-2/h7-10H,4-6,11H2,1-3H3,(H,15,17). The molecule has 1 rings (SSSR count). The summed E-state index contributed by atoms with van der Waals surface area (Å²) in [6.45, 7) is 2.71. The zero-order chi connectivity index (χ0) is 15.9. The summed E-state index contributed by atoms with van der Waals surface area (Å²) in [5, 5.41) is 2.52. The largest absolute Gasteiger partial charge is 0.494 e. The van der Waals surface area contributed by atoms with Gasteiger partial charge in [0.15, 0.2) is 0 Å². The van der Waals surface area contributed by atoms with E-state index in [4.69, 9.17) is 4.74 Å². The van der Waals surface area contributed by atoms with Crippen LogP contribution < -0.4 is 14.4 Å². The molecule has 7 heteroatoms. The van der Waals surface area contributed by atoms with E-state index in [1.165, 1.54) is 4.31 Å². The first-order valence-corrected chi connectivity index (χ1v) is 8.64. The second kappa shape index (κ2) is 7.87. The fourth-order valence-electron chi connectivity index (χ4n) is 1.87. The van der Waals surface area contributed by atoms with Crippen LogP contribution in [0.4, 0.5) is 5.69 Å². The average molecular weight is 314 g/mol. The van der Waals surface area contributed by atoms with Crippen LogP contribution in [0, 0.1) is 0 Å². The molecular formula is C14H22N2O4S. The van der Waals surface area contributed by atoms with E-state index in [-0.39, 0.29) is 12.5 Å². The van der Waals surface area contributed by atoms with Gasteiger partial charge in [-0.25, -0.2) is 8.42 Å². The number of hydrogen-bond donors (Lipinski definition) is 1. The van der Waals surface area contributed by atoms with E-state index in [2.05, 4.69) is 5.32 Å². The van der Waals surface area contributed by atoms with E-state index in [1.807, 2.05) is 6.92 Å². The Morgan fingerprint density at radius 3 is 2.38 bits per heavy atom. The Balaban J connectivity index is 2.80.